The van der Waals surface area contributed by atoms with Gasteiger partial charge in [0, 0.05) is 17.3 Å². The Balaban J connectivity index is 2.10. The van der Waals surface area contributed by atoms with Crippen LogP contribution in [0, 0.1) is 0 Å². The lowest BCUT2D eigenvalue weighted by Gasteiger charge is -2.21. The number of para-hydroxylation sites is 1. The Morgan fingerprint density at radius 3 is 2.53 bits per heavy atom. The van der Waals surface area contributed by atoms with Gasteiger partial charge in [0.25, 0.3) is 0 Å². The topological polar surface area (TPSA) is 67.2 Å². The Morgan fingerprint density at radius 2 is 2.00 bits per heavy atom. The van der Waals surface area contributed by atoms with Crippen LogP contribution in [0.25, 0.3) is 0 Å². The molecule has 1 fully saturated rings. The summed E-state index contributed by atoms with van der Waals surface area (Å²) in [6, 6.07) is 7.73. The van der Waals surface area contributed by atoms with E-state index in [1.54, 1.807) is 0 Å². The molecule has 0 aromatic heterocycles. The molecular weight excluding hydrogens is 214 g/mol. The van der Waals surface area contributed by atoms with E-state index in [1.165, 1.54) is 0 Å². The van der Waals surface area contributed by atoms with Gasteiger partial charge in [-0.25, -0.2) is 4.79 Å². The highest BCUT2D eigenvalue weighted by Crippen LogP contribution is 2.47. The van der Waals surface area contributed by atoms with Crippen LogP contribution in [0.1, 0.15) is 32.3 Å². The second-order valence-electron chi connectivity index (χ2n) is 4.92. The van der Waals surface area contributed by atoms with Gasteiger partial charge >= 0.3 is 6.03 Å². The quantitative estimate of drug-likeness (QED) is 0.699. The van der Waals surface area contributed by atoms with Crippen LogP contribution in [0.15, 0.2) is 24.3 Å². The fourth-order valence-corrected chi connectivity index (χ4v) is 2.04. The lowest BCUT2D eigenvalue weighted by atomic mass is 10.0. The molecule has 4 N–H and O–H groups in total. The summed E-state index contributed by atoms with van der Waals surface area (Å²) < 4.78 is 0. The van der Waals surface area contributed by atoms with Gasteiger partial charge in [0.15, 0.2) is 0 Å². The van der Waals surface area contributed by atoms with E-state index >= 15 is 0 Å². The maximum Gasteiger partial charge on any atom is 0.315 e. The third-order valence-corrected chi connectivity index (χ3v) is 3.00. The summed E-state index contributed by atoms with van der Waals surface area (Å²) in [7, 11) is 0. The SMILES string of the molecule is CC(C)NC(=O)NC1(c2ccccc2N)CC1. The van der Waals surface area contributed by atoms with Crippen molar-refractivity contribution in [3.8, 4) is 0 Å². The first-order valence-electron chi connectivity index (χ1n) is 5.97. The summed E-state index contributed by atoms with van der Waals surface area (Å²) in [4.78, 5) is 11.7. The Hall–Kier alpha value is -1.71. The van der Waals surface area contributed by atoms with Gasteiger partial charge in [0.1, 0.15) is 0 Å². The highest BCUT2D eigenvalue weighted by Gasteiger charge is 2.46. The lowest BCUT2D eigenvalue weighted by Crippen LogP contribution is -2.44. The molecule has 1 aromatic carbocycles. The Morgan fingerprint density at radius 1 is 1.35 bits per heavy atom. The van der Waals surface area contributed by atoms with Crippen LogP contribution in [-0.2, 0) is 5.54 Å². The number of carbonyl (C=O) groups excluding carboxylic acids is 1. The zero-order chi connectivity index (χ0) is 12.5. The third kappa shape index (κ3) is 2.52. The number of amides is 2. The highest BCUT2D eigenvalue weighted by atomic mass is 16.2. The smallest absolute Gasteiger partial charge is 0.315 e. The zero-order valence-corrected chi connectivity index (χ0v) is 10.3. The Bertz CT molecular complexity index is 424. The minimum atomic E-state index is -0.246. The average molecular weight is 233 g/mol. The number of rotatable bonds is 3. The van der Waals surface area contributed by atoms with E-state index in [4.69, 9.17) is 5.73 Å². The van der Waals surface area contributed by atoms with Crippen molar-refractivity contribution in [3.05, 3.63) is 29.8 Å². The standard InChI is InChI=1S/C13H19N3O/c1-9(2)15-12(17)16-13(7-8-13)10-5-3-4-6-11(10)14/h3-6,9H,7-8,14H2,1-2H3,(H2,15,16,17). The van der Waals surface area contributed by atoms with Crippen LogP contribution in [0.5, 0.6) is 0 Å². The zero-order valence-electron chi connectivity index (χ0n) is 10.3. The second-order valence-corrected chi connectivity index (χ2v) is 4.92. The number of nitrogen functional groups attached to an aromatic ring is 1. The van der Waals surface area contributed by atoms with Gasteiger partial charge in [0.05, 0.1) is 5.54 Å². The highest BCUT2D eigenvalue weighted by molar-refractivity contribution is 5.76. The number of hydrogen-bond acceptors (Lipinski definition) is 2. The van der Waals surface area contributed by atoms with Crippen LogP contribution in [-0.4, -0.2) is 12.1 Å². The number of nitrogens with one attached hydrogen (secondary N) is 2. The van der Waals surface area contributed by atoms with Crippen LogP contribution in [0.3, 0.4) is 0 Å². The van der Waals surface area contributed by atoms with Gasteiger partial charge in [0.2, 0.25) is 0 Å². The normalized spacial score (nSPS) is 16.6. The molecule has 1 saturated carbocycles. The van der Waals surface area contributed by atoms with Crippen molar-refractivity contribution in [3.63, 3.8) is 0 Å². The number of hydrogen-bond donors (Lipinski definition) is 3. The summed E-state index contributed by atoms with van der Waals surface area (Å²) in [5.74, 6) is 0. The van der Waals surface area contributed by atoms with E-state index in [2.05, 4.69) is 10.6 Å². The molecule has 1 aliphatic carbocycles. The largest absolute Gasteiger partial charge is 0.398 e. The molecule has 0 unspecified atom stereocenters. The number of carbonyl (C=O) groups is 1. The van der Waals surface area contributed by atoms with Gasteiger partial charge in [-0.1, -0.05) is 18.2 Å². The molecule has 92 valence electrons. The second kappa shape index (κ2) is 4.28. The van der Waals surface area contributed by atoms with E-state index in [1.807, 2.05) is 38.1 Å². The van der Waals surface area contributed by atoms with Gasteiger partial charge in [-0.15, -0.1) is 0 Å². The first-order chi connectivity index (χ1) is 8.03. The van der Waals surface area contributed by atoms with Crippen LogP contribution < -0.4 is 16.4 Å². The molecule has 1 aliphatic rings. The monoisotopic (exact) mass is 233 g/mol. The van der Waals surface area contributed by atoms with Crippen molar-refractivity contribution in [1.29, 1.82) is 0 Å². The van der Waals surface area contributed by atoms with Crippen molar-refractivity contribution < 1.29 is 4.79 Å². The van der Waals surface area contributed by atoms with Crippen molar-refractivity contribution >= 4 is 11.7 Å². The molecule has 4 nitrogen and oxygen atoms in total. The minimum absolute atomic E-state index is 0.124. The van der Waals surface area contributed by atoms with E-state index in [0.717, 1.165) is 24.1 Å². The average Bonchev–Trinajstić information content (AvgIpc) is 2.97. The molecule has 2 rings (SSSR count). The van der Waals surface area contributed by atoms with Crippen molar-refractivity contribution in [2.75, 3.05) is 5.73 Å². The summed E-state index contributed by atoms with van der Waals surface area (Å²) in [6.07, 6.45) is 1.90. The van der Waals surface area contributed by atoms with Crippen LogP contribution in [0.4, 0.5) is 10.5 Å². The number of urea groups is 1. The number of benzene rings is 1. The molecule has 0 saturated heterocycles. The van der Waals surface area contributed by atoms with E-state index in [0.29, 0.717) is 0 Å². The molecule has 2 amide bonds. The fourth-order valence-electron chi connectivity index (χ4n) is 2.04. The fraction of sp³-hybridized carbons (Fsp3) is 0.462. The van der Waals surface area contributed by atoms with E-state index in [-0.39, 0.29) is 17.6 Å². The third-order valence-electron chi connectivity index (χ3n) is 3.00. The molecule has 0 spiro atoms. The molecule has 0 radical (unpaired) electrons. The van der Waals surface area contributed by atoms with Crippen LogP contribution in [0.2, 0.25) is 0 Å². The summed E-state index contributed by atoms with van der Waals surface area (Å²) in [5.41, 5.74) is 7.48. The maximum absolute atomic E-state index is 11.7. The summed E-state index contributed by atoms with van der Waals surface area (Å²) >= 11 is 0. The lowest BCUT2D eigenvalue weighted by molar-refractivity contribution is 0.233. The Labute approximate surface area is 102 Å². The van der Waals surface area contributed by atoms with Gasteiger partial charge in [-0.05, 0) is 32.8 Å². The first kappa shape index (κ1) is 11.8. The summed E-state index contributed by atoms with van der Waals surface area (Å²) in [6.45, 7) is 3.88. The molecule has 0 bridgehead atoms. The first-order valence-corrected chi connectivity index (χ1v) is 5.97. The van der Waals surface area contributed by atoms with Crippen molar-refractivity contribution in [2.45, 2.75) is 38.3 Å². The maximum atomic E-state index is 11.7. The molecule has 0 aliphatic heterocycles. The van der Waals surface area contributed by atoms with E-state index < -0.39 is 0 Å². The predicted molar refractivity (Wildman–Crippen MR) is 68.6 cm³/mol. The minimum Gasteiger partial charge on any atom is -0.398 e. The van der Waals surface area contributed by atoms with Gasteiger partial charge < -0.3 is 16.4 Å². The van der Waals surface area contributed by atoms with Crippen molar-refractivity contribution in [2.24, 2.45) is 0 Å². The predicted octanol–water partition coefficient (Wildman–Crippen LogP) is 1.97. The summed E-state index contributed by atoms with van der Waals surface area (Å²) in [5, 5.41) is 5.86. The van der Waals surface area contributed by atoms with Gasteiger partial charge in [-0.2, -0.15) is 0 Å². The molecule has 0 heterocycles. The van der Waals surface area contributed by atoms with Crippen LogP contribution >= 0.6 is 0 Å². The molecular formula is C13H19N3O. The number of nitrogens with two attached hydrogens (primary N) is 1. The number of anilines is 1. The Kier molecular flexibility index (Phi) is 2.96. The molecule has 1 aromatic rings. The van der Waals surface area contributed by atoms with Gasteiger partial charge in [-0.3, -0.25) is 0 Å². The molecule has 0 atom stereocenters. The van der Waals surface area contributed by atoms with E-state index in [9.17, 15) is 4.79 Å². The molecule has 4 heteroatoms. The van der Waals surface area contributed by atoms with Crippen molar-refractivity contribution in [1.82, 2.24) is 10.6 Å². The molecule has 17 heavy (non-hydrogen) atoms.